The summed E-state index contributed by atoms with van der Waals surface area (Å²) >= 11 is 6.70. The molecule has 0 aromatic carbocycles. The summed E-state index contributed by atoms with van der Waals surface area (Å²) in [5, 5.41) is 4.10. The quantitative estimate of drug-likeness (QED) is 0.475. The monoisotopic (exact) mass is 419 g/mol. The third-order valence-corrected chi connectivity index (χ3v) is 4.00. The molecule has 1 heterocycles. The molecule has 0 fully saturated rings. The van der Waals surface area contributed by atoms with E-state index in [1.165, 1.54) is 0 Å². The first-order chi connectivity index (χ1) is 10.1. The number of carbonyl (C=O) groups excluding carboxylic acids is 2. The molecule has 0 saturated carbocycles. The van der Waals surface area contributed by atoms with E-state index in [-0.39, 0.29) is 11.8 Å². The average molecular weight is 421 g/mol. The number of nitrogens with two attached hydrogens (primary N) is 1. The summed E-state index contributed by atoms with van der Waals surface area (Å²) in [6.45, 7) is 0.590. The van der Waals surface area contributed by atoms with Crippen molar-refractivity contribution in [3.63, 3.8) is 0 Å². The maximum Gasteiger partial charge on any atom is 0.251 e. The molecular formula is C14H19Br2N3O2. The minimum atomic E-state index is -0.277. The van der Waals surface area contributed by atoms with Crippen LogP contribution in [0.3, 0.4) is 0 Å². The molecule has 2 amide bonds. The Bertz CT molecular complexity index is 473. The Kier molecular flexibility index (Phi) is 8.52. The van der Waals surface area contributed by atoms with Crippen molar-refractivity contribution in [1.82, 2.24) is 10.3 Å². The van der Waals surface area contributed by atoms with E-state index in [2.05, 4.69) is 42.2 Å². The molecule has 0 aliphatic heterocycles. The van der Waals surface area contributed by atoms with E-state index in [1.54, 1.807) is 12.1 Å². The van der Waals surface area contributed by atoms with Gasteiger partial charge in [-0.25, -0.2) is 0 Å². The van der Waals surface area contributed by atoms with E-state index in [1.807, 2.05) is 0 Å². The third kappa shape index (κ3) is 7.04. The fourth-order valence-electron chi connectivity index (χ4n) is 1.82. The highest BCUT2D eigenvalue weighted by Crippen LogP contribution is 2.12. The van der Waals surface area contributed by atoms with Crippen LogP contribution in [0.1, 0.15) is 47.4 Å². The highest BCUT2D eigenvalue weighted by atomic mass is 79.9. The van der Waals surface area contributed by atoms with Gasteiger partial charge in [-0.2, -0.15) is 0 Å². The van der Waals surface area contributed by atoms with Gasteiger partial charge in [-0.1, -0.05) is 38.3 Å². The molecule has 7 heteroatoms. The number of halogens is 2. The first kappa shape index (κ1) is 18.1. The lowest BCUT2D eigenvalue weighted by Gasteiger charge is -2.07. The fourth-order valence-corrected chi connectivity index (χ4v) is 2.40. The number of rotatable bonds is 9. The molecule has 5 nitrogen and oxygen atoms in total. The van der Waals surface area contributed by atoms with Gasteiger partial charge in [-0.05, 0) is 25.0 Å². The Labute approximate surface area is 141 Å². The Balaban J connectivity index is 2.43. The number of hydrogen-bond donors (Lipinski definition) is 2. The van der Waals surface area contributed by atoms with E-state index < -0.39 is 0 Å². The predicted octanol–water partition coefficient (Wildman–Crippen LogP) is 2.65. The molecule has 116 valence electrons. The lowest BCUT2D eigenvalue weighted by atomic mass is 10.1. The summed E-state index contributed by atoms with van der Waals surface area (Å²) in [5.74, 6) is -0.378. The summed E-state index contributed by atoms with van der Waals surface area (Å²) < 4.78 is 0. The van der Waals surface area contributed by atoms with Crippen LogP contribution in [0, 0.1) is 0 Å². The van der Waals surface area contributed by atoms with Gasteiger partial charge in [0.15, 0.2) is 0 Å². The highest BCUT2D eigenvalue weighted by Gasteiger charge is 2.09. The molecule has 1 aromatic rings. The van der Waals surface area contributed by atoms with Gasteiger partial charge in [-0.15, -0.1) is 0 Å². The van der Waals surface area contributed by atoms with Crippen molar-refractivity contribution in [3.8, 4) is 0 Å². The molecule has 0 unspecified atom stereocenters. The van der Waals surface area contributed by atoms with Crippen LogP contribution in [0.2, 0.25) is 0 Å². The number of nitrogens with zero attached hydrogens (tertiary/aromatic N) is 1. The first-order valence-electron chi connectivity index (χ1n) is 6.75. The first-order valence-corrected chi connectivity index (χ1v) is 8.99. The SMILES string of the molecule is NC(=O)CCCCCNC(=O)c1cc(CBr)nc(CBr)c1. The summed E-state index contributed by atoms with van der Waals surface area (Å²) in [5.41, 5.74) is 7.34. The van der Waals surface area contributed by atoms with Gasteiger partial charge in [0.2, 0.25) is 5.91 Å². The number of pyridine rings is 1. The second-order valence-corrected chi connectivity index (χ2v) is 5.76. The standard InChI is InChI=1S/C14H19Br2N3O2/c15-8-11-6-10(7-12(9-16)19-11)14(21)18-5-3-1-2-4-13(17)20/h6-7H,1-5,8-9H2,(H2,17,20)(H,18,21). The Morgan fingerprint density at radius 2 is 1.71 bits per heavy atom. The molecule has 0 radical (unpaired) electrons. The zero-order chi connectivity index (χ0) is 15.7. The number of alkyl halides is 2. The summed E-state index contributed by atoms with van der Waals surface area (Å²) in [4.78, 5) is 27.0. The van der Waals surface area contributed by atoms with Crippen LogP contribution in [0.25, 0.3) is 0 Å². The van der Waals surface area contributed by atoms with Crippen LogP contribution in [-0.4, -0.2) is 23.3 Å². The third-order valence-electron chi connectivity index (χ3n) is 2.85. The van der Waals surface area contributed by atoms with E-state index >= 15 is 0 Å². The normalized spacial score (nSPS) is 10.4. The molecule has 21 heavy (non-hydrogen) atoms. The number of aromatic nitrogens is 1. The number of amides is 2. The molecule has 0 saturated heterocycles. The maximum atomic E-state index is 12.1. The molecule has 0 spiro atoms. The second-order valence-electron chi connectivity index (χ2n) is 4.64. The Hall–Kier alpha value is -0.950. The molecule has 0 atom stereocenters. The van der Waals surface area contributed by atoms with Crippen LogP contribution in [0.15, 0.2) is 12.1 Å². The second kappa shape index (κ2) is 9.89. The lowest BCUT2D eigenvalue weighted by molar-refractivity contribution is -0.118. The zero-order valence-electron chi connectivity index (χ0n) is 11.7. The Morgan fingerprint density at radius 3 is 2.24 bits per heavy atom. The zero-order valence-corrected chi connectivity index (χ0v) is 14.9. The summed E-state index contributed by atoms with van der Waals surface area (Å²) in [6, 6.07) is 3.56. The number of hydrogen-bond acceptors (Lipinski definition) is 3. The van der Waals surface area contributed by atoms with Gasteiger partial charge in [-0.3, -0.25) is 14.6 Å². The van der Waals surface area contributed by atoms with Crippen molar-refractivity contribution in [2.75, 3.05) is 6.54 Å². The molecule has 3 N–H and O–H groups in total. The van der Waals surface area contributed by atoms with E-state index in [0.29, 0.717) is 29.2 Å². The minimum absolute atomic E-state index is 0.100. The molecule has 0 aliphatic carbocycles. The molecule has 1 rings (SSSR count). The van der Waals surface area contributed by atoms with E-state index in [4.69, 9.17) is 5.73 Å². The van der Waals surface area contributed by atoms with Crippen LogP contribution >= 0.6 is 31.9 Å². The molecule has 0 aliphatic rings. The van der Waals surface area contributed by atoms with Crippen molar-refractivity contribution in [3.05, 3.63) is 29.1 Å². The van der Waals surface area contributed by atoms with Gasteiger partial charge >= 0.3 is 0 Å². The fraction of sp³-hybridized carbons (Fsp3) is 0.500. The van der Waals surface area contributed by atoms with Gasteiger partial charge < -0.3 is 11.1 Å². The van der Waals surface area contributed by atoms with Gasteiger partial charge in [0.25, 0.3) is 5.91 Å². The molecule has 1 aromatic heterocycles. The van der Waals surface area contributed by atoms with Crippen LogP contribution in [0.4, 0.5) is 0 Å². The van der Waals surface area contributed by atoms with Crippen molar-refractivity contribution >= 4 is 43.7 Å². The van der Waals surface area contributed by atoms with Crippen LogP contribution < -0.4 is 11.1 Å². The smallest absolute Gasteiger partial charge is 0.251 e. The lowest BCUT2D eigenvalue weighted by Crippen LogP contribution is -2.25. The van der Waals surface area contributed by atoms with Gasteiger partial charge in [0.1, 0.15) is 0 Å². The average Bonchev–Trinajstić information content (AvgIpc) is 2.49. The number of primary amides is 1. The van der Waals surface area contributed by atoms with E-state index in [0.717, 1.165) is 30.7 Å². The highest BCUT2D eigenvalue weighted by molar-refractivity contribution is 9.08. The van der Waals surface area contributed by atoms with Gasteiger partial charge in [0.05, 0.1) is 11.4 Å². The summed E-state index contributed by atoms with van der Waals surface area (Å²) in [7, 11) is 0. The van der Waals surface area contributed by atoms with Crippen molar-refractivity contribution in [2.45, 2.75) is 36.3 Å². The van der Waals surface area contributed by atoms with E-state index in [9.17, 15) is 9.59 Å². The topological polar surface area (TPSA) is 85.1 Å². The van der Waals surface area contributed by atoms with Crippen molar-refractivity contribution < 1.29 is 9.59 Å². The largest absolute Gasteiger partial charge is 0.370 e. The predicted molar refractivity (Wildman–Crippen MR) is 89.5 cm³/mol. The Morgan fingerprint density at radius 1 is 1.10 bits per heavy atom. The number of carbonyl (C=O) groups is 2. The number of unbranched alkanes of at least 4 members (excludes halogenated alkanes) is 2. The van der Waals surface area contributed by atoms with Crippen LogP contribution in [-0.2, 0) is 15.5 Å². The summed E-state index contributed by atoms with van der Waals surface area (Å²) in [6.07, 6.45) is 2.88. The van der Waals surface area contributed by atoms with Crippen LogP contribution in [0.5, 0.6) is 0 Å². The number of nitrogens with one attached hydrogen (secondary N) is 1. The van der Waals surface area contributed by atoms with Crippen molar-refractivity contribution in [1.29, 1.82) is 0 Å². The van der Waals surface area contributed by atoms with Gasteiger partial charge in [0, 0.05) is 29.2 Å². The van der Waals surface area contributed by atoms with Crippen molar-refractivity contribution in [2.24, 2.45) is 5.73 Å². The minimum Gasteiger partial charge on any atom is -0.370 e. The maximum absolute atomic E-state index is 12.1. The molecule has 0 bridgehead atoms. The molecular weight excluding hydrogens is 402 g/mol.